The van der Waals surface area contributed by atoms with E-state index in [1.165, 1.54) is 0 Å². The van der Waals surface area contributed by atoms with Crippen molar-refractivity contribution in [1.29, 1.82) is 0 Å². The number of rotatable bonds is 7. The van der Waals surface area contributed by atoms with Crippen molar-refractivity contribution in [2.45, 2.75) is 51.8 Å². The van der Waals surface area contributed by atoms with Crippen molar-refractivity contribution in [2.24, 2.45) is 4.99 Å². The normalized spacial score (nSPS) is 18.4. The fourth-order valence-corrected chi connectivity index (χ4v) is 3.23. The van der Waals surface area contributed by atoms with E-state index in [2.05, 4.69) is 48.4 Å². The molecule has 1 aliphatic heterocycles. The molecule has 0 radical (unpaired) electrons. The smallest absolute Gasteiger partial charge is 0.191 e. The number of piperidine rings is 1. The third-order valence-corrected chi connectivity index (χ3v) is 4.82. The molecule has 1 aromatic rings. The molecule has 1 atom stereocenters. The number of likely N-dealkylation sites (tertiary alicyclic amines) is 1. The van der Waals surface area contributed by atoms with Gasteiger partial charge in [0.1, 0.15) is 6.10 Å². The maximum atomic E-state index is 5.63. The number of hydrogen-bond acceptors (Lipinski definition) is 3. The topological polar surface area (TPSA) is 48.9 Å². The minimum absolute atomic E-state index is 0.0144. The molecule has 1 unspecified atom stereocenters. The van der Waals surface area contributed by atoms with Gasteiger partial charge in [0.15, 0.2) is 5.96 Å². The van der Waals surface area contributed by atoms with Gasteiger partial charge in [0.2, 0.25) is 0 Å². The Bertz CT molecular complexity index is 510. The maximum Gasteiger partial charge on any atom is 0.191 e. The summed E-state index contributed by atoms with van der Waals surface area (Å²) in [5.74, 6) is 0.892. The lowest BCUT2D eigenvalue weighted by atomic mass is 10.0. The van der Waals surface area contributed by atoms with Gasteiger partial charge in [-0.1, -0.05) is 30.3 Å². The van der Waals surface area contributed by atoms with Crippen LogP contribution in [0.4, 0.5) is 0 Å². The highest BCUT2D eigenvalue weighted by Gasteiger charge is 2.21. The van der Waals surface area contributed by atoms with Crippen LogP contribution in [0.5, 0.6) is 0 Å². The van der Waals surface area contributed by atoms with E-state index in [-0.39, 0.29) is 6.10 Å². The number of aliphatic imine (C=N–C) groups is 1. The Morgan fingerprint density at radius 3 is 2.48 bits per heavy atom. The maximum absolute atomic E-state index is 5.63. The zero-order chi connectivity index (χ0) is 18.1. The molecule has 2 rings (SSSR count). The lowest BCUT2D eigenvalue weighted by Crippen LogP contribution is -2.50. The third kappa shape index (κ3) is 6.33. The number of nitrogens with one attached hydrogen (secondary N) is 2. The summed E-state index contributed by atoms with van der Waals surface area (Å²) >= 11 is 0. The van der Waals surface area contributed by atoms with E-state index in [0.717, 1.165) is 44.0 Å². The van der Waals surface area contributed by atoms with Gasteiger partial charge in [-0.05, 0) is 39.2 Å². The van der Waals surface area contributed by atoms with E-state index in [4.69, 9.17) is 9.73 Å². The number of guanidine groups is 1. The second kappa shape index (κ2) is 10.4. The van der Waals surface area contributed by atoms with Crippen LogP contribution in [0.3, 0.4) is 0 Å². The first-order chi connectivity index (χ1) is 12.1. The summed E-state index contributed by atoms with van der Waals surface area (Å²) in [7, 11) is 1.75. The standard InChI is InChI=1S/C20H34N4O/c1-5-21-20(23-18-11-13-24(14-12-18)16(2)3)22-15-19(25-4)17-9-7-6-8-10-17/h6-10,16,18-19H,5,11-15H2,1-4H3,(H2,21,22,23). The molecule has 0 saturated carbocycles. The van der Waals surface area contributed by atoms with Crippen molar-refractivity contribution in [1.82, 2.24) is 15.5 Å². The fraction of sp³-hybridized carbons (Fsp3) is 0.650. The number of benzene rings is 1. The van der Waals surface area contributed by atoms with Crippen LogP contribution in [0, 0.1) is 0 Å². The van der Waals surface area contributed by atoms with Crippen LogP contribution in [0.15, 0.2) is 35.3 Å². The van der Waals surface area contributed by atoms with Gasteiger partial charge in [0, 0.05) is 38.8 Å². The van der Waals surface area contributed by atoms with Crippen LogP contribution in [0.2, 0.25) is 0 Å². The molecule has 1 aliphatic rings. The van der Waals surface area contributed by atoms with Crippen LogP contribution < -0.4 is 10.6 Å². The number of ether oxygens (including phenoxy) is 1. The van der Waals surface area contributed by atoms with Crippen molar-refractivity contribution in [3.63, 3.8) is 0 Å². The van der Waals surface area contributed by atoms with Gasteiger partial charge in [-0.3, -0.25) is 4.99 Å². The molecule has 2 N–H and O–H groups in total. The van der Waals surface area contributed by atoms with E-state index in [1.807, 2.05) is 18.2 Å². The van der Waals surface area contributed by atoms with Crippen molar-refractivity contribution < 1.29 is 4.74 Å². The van der Waals surface area contributed by atoms with E-state index >= 15 is 0 Å². The Kier molecular flexibility index (Phi) is 8.22. The number of hydrogen-bond donors (Lipinski definition) is 2. The van der Waals surface area contributed by atoms with Gasteiger partial charge < -0.3 is 20.3 Å². The van der Waals surface area contributed by atoms with Crippen LogP contribution in [-0.4, -0.2) is 56.2 Å². The fourth-order valence-electron chi connectivity index (χ4n) is 3.23. The Labute approximate surface area is 152 Å². The lowest BCUT2D eigenvalue weighted by Gasteiger charge is -2.35. The van der Waals surface area contributed by atoms with Crippen LogP contribution in [-0.2, 0) is 4.74 Å². The van der Waals surface area contributed by atoms with Gasteiger partial charge in [0.05, 0.1) is 6.54 Å². The average molecular weight is 347 g/mol. The summed E-state index contributed by atoms with van der Waals surface area (Å²) < 4.78 is 5.63. The molecule has 1 fully saturated rings. The van der Waals surface area contributed by atoms with Crippen molar-refractivity contribution >= 4 is 5.96 Å². The quantitative estimate of drug-likeness (QED) is 0.589. The van der Waals surface area contributed by atoms with Crippen molar-refractivity contribution in [3.8, 4) is 0 Å². The van der Waals surface area contributed by atoms with Gasteiger partial charge in [-0.2, -0.15) is 0 Å². The van der Waals surface area contributed by atoms with Crippen molar-refractivity contribution in [2.75, 3.05) is 33.3 Å². The molecule has 0 aromatic heterocycles. The molecule has 5 heteroatoms. The second-order valence-electron chi connectivity index (χ2n) is 6.90. The molecule has 25 heavy (non-hydrogen) atoms. The van der Waals surface area contributed by atoms with E-state index in [1.54, 1.807) is 7.11 Å². The van der Waals surface area contributed by atoms with E-state index < -0.39 is 0 Å². The highest BCUT2D eigenvalue weighted by Crippen LogP contribution is 2.16. The Morgan fingerprint density at radius 1 is 1.24 bits per heavy atom. The number of nitrogens with zero attached hydrogens (tertiary/aromatic N) is 2. The summed E-state index contributed by atoms with van der Waals surface area (Å²) in [5, 5.41) is 6.97. The highest BCUT2D eigenvalue weighted by molar-refractivity contribution is 5.80. The van der Waals surface area contributed by atoms with Crippen LogP contribution in [0.25, 0.3) is 0 Å². The number of methoxy groups -OCH3 is 1. The molecule has 0 aliphatic carbocycles. The van der Waals surface area contributed by atoms with Crippen LogP contribution in [0.1, 0.15) is 45.3 Å². The monoisotopic (exact) mass is 346 g/mol. The average Bonchev–Trinajstić information content (AvgIpc) is 2.63. The first kappa shape index (κ1) is 19.7. The minimum atomic E-state index is -0.0144. The zero-order valence-electron chi connectivity index (χ0n) is 16.2. The summed E-state index contributed by atoms with van der Waals surface area (Å²) in [6, 6.07) is 11.4. The Morgan fingerprint density at radius 2 is 1.92 bits per heavy atom. The van der Waals surface area contributed by atoms with Crippen LogP contribution >= 0.6 is 0 Å². The molecule has 1 saturated heterocycles. The Balaban J connectivity index is 1.92. The lowest BCUT2D eigenvalue weighted by molar-refractivity contribution is 0.111. The third-order valence-electron chi connectivity index (χ3n) is 4.82. The predicted molar refractivity (Wildman–Crippen MR) is 105 cm³/mol. The summed E-state index contributed by atoms with van der Waals surface area (Å²) in [6.45, 7) is 10.4. The first-order valence-corrected chi connectivity index (χ1v) is 9.50. The SMILES string of the molecule is CCNC(=NCC(OC)c1ccccc1)NC1CCN(C(C)C)CC1. The molecule has 5 nitrogen and oxygen atoms in total. The van der Waals surface area contributed by atoms with Gasteiger partial charge in [-0.15, -0.1) is 0 Å². The molecule has 1 heterocycles. The van der Waals surface area contributed by atoms with Gasteiger partial charge in [-0.25, -0.2) is 0 Å². The molecular weight excluding hydrogens is 312 g/mol. The second-order valence-corrected chi connectivity index (χ2v) is 6.90. The largest absolute Gasteiger partial charge is 0.375 e. The highest BCUT2D eigenvalue weighted by atomic mass is 16.5. The molecule has 0 bridgehead atoms. The molecule has 0 amide bonds. The minimum Gasteiger partial charge on any atom is -0.375 e. The van der Waals surface area contributed by atoms with Gasteiger partial charge in [0.25, 0.3) is 0 Å². The summed E-state index contributed by atoms with van der Waals surface area (Å²) in [4.78, 5) is 7.31. The zero-order valence-corrected chi connectivity index (χ0v) is 16.2. The van der Waals surface area contributed by atoms with Crippen molar-refractivity contribution in [3.05, 3.63) is 35.9 Å². The van der Waals surface area contributed by atoms with Gasteiger partial charge >= 0.3 is 0 Å². The summed E-state index contributed by atoms with van der Waals surface area (Å²) in [5.41, 5.74) is 1.16. The molecule has 0 spiro atoms. The first-order valence-electron chi connectivity index (χ1n) is 9.50. The predicted octanol–water partition coefficient (Wildman–Crippen LogP) is 2.80. The van der Waals surface area contributed by atoms with E-state index in [9.17, 15) is 0 Å². The van der Waals surface area contributed by atoms with E-state index in [0.29, 0.717) is 18.6 Å². The Hall–Kier alpha value is -1.59. The summed E-state index contributed by atoms with van der Waals surface area (Å²) in [6.07, 6.45) is 2.31. The molecular formula is C20H34N4O. The molecule has 1 aromatic carbocycles. The molecule has 140 valence electrons.